The maximum absolute atomic E-state index is 9.65. The molecular weight excluding hydrogens is 261 g/mol. The summed E-state index contributed by atoms with van der Waals surface area (Å²) in [6.45, 7) is 4.72. The van der Waals surface area contributed by atoms with Gasteiger partial charge in [-0.25, -0.2) is 0 Å². The average molecular weight is 278 g/mol. The van der Waals surface area contributed by atoms with Crippen molar-refractivity contribution in [3.63, 3.8) is 0 Å². The molecule has 0 spiro atoms. The largest absolute Gasteiger partial charge is 0.489 e. The molecule has 0 saturated carbocycles. The Hall–Kier alpha value is -0.480. The highest BCUT2D eigenvalue weighted by Gasteiger charge is 2.08. The molecule has 0 aliphatic heterocycles. The Balaban J connectivity index is 2.39. The molecule has 0 heterocycles. The summed E-state index contributed by atoms with van der Waals surface area (Å²) in [5, 5.41) is 13.8. The van der Waals surface area contributed by atoms with Crippen LogP contribution < -0.4 is 10.1 Å². The molecule has 3 nitrogen and oxygen atoms in total. The lowest BCUT2D eigenvalue weighted by atomic mass is 10.3. The van der Waals surface area contributed by atoms with Crippen LogP contribution in [0.2, 0.25) is 10.0 Å². The monoisotopic (exact) mass is 277 g/mol. The number of benzene rings is 1. The van der Waals surface area contributed by atoms with Crippen LogP contribution in [0.5, 0.6) is 5.75 Å². The number of halogens is 2. The van der Waals surface area contributed by atoms with Crippen molar-refractivity contribution in [2.24, 2.45) is 0 Å². The molecule has 0 fully saturated rings. The maximum Gasteiger partial charge on any atom is 0.138 e. The second-order valence-corrected chi connectivity index (χ2v) is 4.95. The van der Waals surface area contributed by atoms with Gasteiger partial charge in [-0.3, -0.25) is 0 Å². The van der Waals surface area contributed by atoms with Crippen LogP contribution in [0.15, 0.2) is 18.2 Å². The number of hydrogen-bond donors (Lipinski definition) is 2. The molecule has 0 aliphatic carbocycles. The zero-order valence-corrected chi connectivity index (χ0v) is 11.4. The lowest BCUT2D eigenvalue weighted by Crippen LogP contribution is -2.35. The normalized spacial score (nSPS) is 12.8. The van der Waals surface area contributed by atoms with Gasteiger partial charge in [0.05, 0.1) is 5.02 Å². The first-order valence-electron chi connectivity index (χ1n) is 5.48. The van der Waals surface area contributed by atoms with E-state index in [0.717, 1.165) is 0 Å². The van der Waals surface area contributed by atoms with Gasteiger partial charge < -0.3 is 15.2 Å². The Morgan fingerprint density at radius 3 is 2.65 bits per heavy atom. The van der Waals surface area contributed by atoms with Crippen LogP contribution in [0.25, 0.3) is 0 Å². The van der Waals surface area contributed by atoms with Gasteiger partial charge in [-0.1, -0.05) is 37.0 Å². The maximum atomic E-state index is 9.65. The highest BCUT2D eigenvalue weighted by molar-refractivity contribution is 6.35. The van der Waals surface area contributed by atoms with Crippen molar-refractivity contribution in [1.29, 1.82) is 0 Å². The number of aliphatic hydroxyl groups is 1. The third kappa shape index (κ3) is 5.59. The van der Waals surface area contributed by atoms with Crippen molar-refractivity contribution >= 4 is 23.2 Å². The number of aliphatic hydroxyl groups excluding tert-OH is 1. The van der Waals surface area contributed by atoms with Crippen molar-refractivity contribution < 1.29 is 9.84 Å². The van der Waals surface area contributed by atoms with Crippen molar-refractivity contribution in [3.8, 4) is 5.75 Å². The minimum absolute atomic E-state index is 0.196. The quantitative estimate of drug-likeness (QED) is 0.840. The molecule has 1 unspecified atom stereocenters. The fraction of sp³-hybridized carbons (Fsp3) is 0.500. The van der Waals surface area contributed by atoms with E-state index in [1.165, 1.54) is 0 Å². The summed E-state index contributed by atoms with van der Waals surface area (Å²) in [6.07, 6.45) is -0.566. The van der Waals surface area contributed by atoms with Crippen molar-refractivity contribution in [3.05, 3.63) is 28.2 Å². The summed E-state index contributed by atoms with van der Waals surface area (Å²) in [5.74, 6) is 0.527. The van der Waals surface area contributed by atoms with Gasteiger partial charge in [0.15, 0.2) is 0 Å². The predicted octanol–water partition coefficient (Wildman–Crippen LogP) is 2.73. The molecule has 1 aromatic rings. The van der Waals surface area contributed by atoms with Crippen LogP contribution in [0.1, 0.15) is 13.8 Å². The summed E-state index contributed by atoms with van der Waals surface area (Å²) in [7, 11) is 0. The van der Waals surface area contributed by atoms with Gasteiger partial charge in [0.25, 0.3) is 0 Å². The number of nitrogens with one attached hydrogen (secondary N) is 1. The first-order chi connectivity index (χ1) is 7.99. The number of rotatable bonds is 6. The average Bonchev–Trinajstić information content (AvgIpc) is 2.25. The molecule has 0 saturated heterocycles. The summed E-state index contributed by atoms with van der Waals surface area (Å²) in [5.41, 5.74) is 0. The van der Waals surface area contributed by atoms with Crippen LogP contribution in [0, 0.1) is 0 Å². The zero-order valence-electron chi connectivity index (χ0n) is 9.91. The molecule has 0 aromatic heterocycles. The molecular formula is C12H17Cl2NO2. The van der Waals surface area contributed by atoms with E-state index in [1.54, 1.807) is 18.2 Å². The standard InChI is InChI=1S/C12H17Cl2NO2/c1-8(2)15-6-10(16)7-17-12-4-3-9(13)5-11(12)14/h3-5,8,10,15-16H,6-7H2,1-2H3. The van der Waals surface area contributed by atoms with Gasteiger partial charge in [-0.05, 0) is 18.2 Å². The molecule has 96 valence electrons. The zero-order chi connectivity index (χ0) is 12.8. The SMILES string of the molecule is CC(C)NCC(O)COc1ccc(Cl)cc1Cl. The van der Waals surface area contributed by atoms with E-state index in [1.807, 2.05) is 13.8 Å². The van der Waals surface area contributed by atoms with E-state index < -0.39 is 6.10 Å². The molecule has 1 atom stereocenters. The first kappa shape index (κ1) is 14.6. The highest BCUT2D eigenvalue weighted by atomic mass is 35.5. The van der Waals surface area contributed by atoms with Crippen LogP contribution in [0.3, 0.4) is 0 Å². The highest BCUT2D eigenvalue weighted by Crippen LogP contribution is 2.27. The van der Waals surface area contributed by atoms with Gasteiger partial charge >= 0.3 is 0 Å². The molecule has 0 radical (unpaired) electrons. The van der Waals surface area contributed by atoms with Gasteiger partial charge in [0, 0.05) is 17.6 Å². The Morgan fingerprint density at radius 1 is 1.35 bits per heavy atom. The fourth-order valence-corrected chi connectivity index (χ4v) is 1.67. The minimum atomic E-state index is -0.566. The first-order valence-corrected chi connectivity index (χ1v) is 6.24. The van der Waals surface area contributed by atoms with Gasteiger partial charge in [0.1, 0.15) is 18.5 Å². The van der Waals surface area contributed by atoms with Gasteiger partial charge in [0.2, 0.25) is 0 Å². The predicted molar refractivity (Wildman–Crippen MR) is 71.1 cm³/mol. The number of ether oxygens (including phenoxy) is 1. The van der Waals surface area contributed by atoms with Crippen LogP contribution >= 0.6 is 23.2 Å². The molecule has 0 amide bonds. The Morgan fingerprint density at radius 2 is 2.06 bits per heavy atom. The molecule has 1 rings (SSSR count). The third-order valence-corrected chi connectivity index (χ3v) is 2.62. The topological polar surface area (TPSA) is 41.5 Å². The molecule has 0 bridgehead atoms. The third-order valence-electron chi connectivity index (χ3n) is 2.09. The van der Waals surface area contributed by atoms with Crippen molar-refractivity contribution in [2.45, 2.75) is 26.0 Å². The van der Waals surface area contributed by atoms with Crippen molar-refractivity contribution in [1.82, 2.24) is 5.32 Å². The van der Waals surface area contributed by atoms with Gasteiger partial charge in [-0.2, -0.15) is 0 Å². The molecule has 17 heavy (non-hydrogen) atoms. The van der Waals surface area contributed by atoms with Crippen molar-refractivity contribution in [2.75, 3.05) is 13.2 Å². The van der Waals surface area contributed by atoms with E-state index in [-0.39, 0.29) is 6.61 Å². The van der Waals surface area contributed by atoms with E-state index in [2.05, 4.69) is 5.32 Å². The fourth-order valence-electron chi connectivity index (χ4n) is 1.21. The van der Waals surface area contributed by atoms with Crippen LogP contribution in [-0.4, -0.2) is 30.4 Å². The summed E-state index contributed by atoms with van der Waals surface area (Å²) in [4.78, 5) is 0. The smallest absolute Gasteiger partial charge is 0.138 e. The van der Waals surface area contributed by atoms with E-state index in [0.29, 0.717) is 28.4 Å². The summed E-state index contributed by atoms with van der Waals surface area (Å²) in [6, 6.07) is 5.33. The summed E-state index contributed by atoms with van der Waals surface area (Å²) >= 11 is 11.7. The second kappa shape index (κ2) is 7.07. The molecule has 2 N–H and O–H groups in total. The number of hydrogen-bond acceptors (Lipinski definition) is 3. The van der Waals surface area contributed by atoms with Crippen LogP contribution in [-0.2, 0) is 0 Å². The molecule has 0 aliphatic rings. The lowest BCUT2D eigenvalue weighted by molar-refractivity contribution is 0.105. The summed E-state index contributed by atoms with van der Waals surface area (Å²) < 4.78 is 5.41. The van der Waals surface area contributed by atoms with Gasteiger partial charge in [-0.15, -0.1) is 0 Å². The second-order valence-electron chi connectivity index (χ2n) is 4.10. The van der Waals surface area contributed by atoms with E-state index >= 15 is 0 Å². The van der Waals surface area contributed by atoms with E-state index in [4.69, 9.17) is 27.9 Å². The van der Waals surface area contributed by atoms with E-state index in [9.17, 15) is 5.11 Å². The Kier molecular flexibility index (Phi) is 6.06. The molecule has 5 heteroatoms. The van der Waals surface area contributed by atoms with Crippen LogP contribution in [0.4, 0.5) is 0 Å². The molecule has 1 aromatic carbocycles. The minimum Gasteiger partial charge on any atom is -0.489 e. The lowest BCUT2D eigenvalue weighted by Gasteiger charge is -2.15. The Bertz CT molecular complexity index is 358. The Labute approximate surface area is 112 Å².